The van der Waals surface area contributed by atoms with E-state index in [2.05, 4.69) is 5.32 Å². The van der Waals surface area contributed by atoms with Crippen molar-refractivity contribution < 1.29 is 9.90 Å². The quantitative estimate of drug-likeness (QED) is 0.796. The van der Waals surface area contributed by atoms with Gasteiger partial charge in [0.25, 0.3) is 0 Å². The standard InChI is InChI=1S/C18H21NO2/c1-3-17(21)14-9-11-16(12-10-14)19-18(2,13-20)15-7-5-4-6-8-15/h4-12,19-20H,3,13H2,1-2H3. The molecule has 2 rings (SSSR count). The highest BCUT2D eigenvalue weighted by atomic mass is 16.3. The van der Waals surface area contributed by atoms with Gasteiger partial charge in [-0.15, -0.1) is 0 Å². The summed E-state index contributed by atoms with van der Waals surface area (Å²) in [5.74, 6) is 0.134. The fourth-order valence-electron chi connectivity index (χ4n) is 2.27. The molecular formula is C18H21NO2. The molecule has 0 spiro atoms. The molecule has 2 aromatic rings. The first-order chi connectivity index (χ1) is 10.1. The normalized spacial score (nSPS) is 13.5. The summed E-state index contributed by atoms with van der Waals surface area (Å²) >= 11 is 0. The summed E-state index contributed by atoms with van der Waals surface area (Å²) in [6, 6.07) is 17.2. The molecule has 0 heterocycles. The Morgan fingerprint density at radius 3 is 2.24 bits per heavy atom. The van der Waals surface area contributed by atoms with Crippen molar-refractivity contribution in [3.63, 3.8) is 0 Å². The van der Waals surface area contributed by atoms with Crippen LogP contribution in [0.1, 0.15) is 36.2 Å². The number of aliphatic hydroxyl groups is 1. The summed E-state index contributed by atoms with van der Waals surface area (Å²) in [6.07, 6.45) is 0.505. The number of rotatable bonds is 6. The maximum Gasteiger partial charge on any atom is 0.162 e. The van der Waals surface area contributed by atoms with E-state index in [4.69, 9.17) is 0 Å². The molecule has 0 fully saturated rings. The first kappa shape index (κ1) is 15.3. The molecular weight excluding hydrogens is 262 g/mol. The molecule has 21 heavy (non-hydrogen) atoms. The number of Topliss-reactive ketones (excluding diaryl/α,β-unsaturated/α-hetero) is 1. The fraction of sp³-hybridized carbons (Fsp3) is 0.278. The predicted molar refractivity (Wildman–Crippen MR) is 85.6 cm³/mol. The van der Waals surface area contributed by atoms with E-state index in [0.29, 0.717) is 12.0 Å². The lowest BCUT2D eigenvalue weighted by atomic mass is 9.92. The molecule has 0 radical (unpaired) electrons. The first-order valence-corrected chi connectivity index (χ1v) is 7.17. The van der Waals surface area contributed by atoms with Crippen LogP contribution in [0.5, 0.6) is 0 Å². The van der Waals surface area contributed by atoms with E-state index >= 15 is 0 Å². The van der Waals surface area contributed by atoms with Gasteiger partial charge in [-0.25, -0.2) is 0 Å². The van der Waals surface area contributed by atoms with E-state index in [1.165, 1.54) is 0 Å². The Kier molecular flexibility index (Phi) is 4.76. The van der Waals surface area contributed by atoms with Crippen LogP contribution in [-0.4, -0.2) is 17.5 Å². The number of carbonyl (C=O) groups excluding carboxylic acids is 1. The summed E-state index contributed by atoms with van der Waals surface area (Å²) in [7, 11) is 0. The van der Waals surface area contributed by atoms with Crippen LogP contribution in [0.3, 0.4) is 0 Å². The highest BCUT2D eigenvalue weighted by Crippen LogP contribution is 2.26. The van der Waals surface area contributed by atoms with Crippen molar-refractivity contribution >= 4 is 11.5 Å². The SMILES string of the molecule is CCC(=O)c1ccc(NC(C)(CO)c2ccccc2)cc1. The molecule has 2 N–H and O–H groups in total. The van der Waals surface area contributed by atoms with Crippen LogP contribution in [0.25, 0.3) is 0 Å². The number of ketones is 1. The van der Waals surface area contributed by atoms with Gasteiger partial charge >= 0.3 is 0 Å². The van der Waals surface area contributed by atoms with Gasteiger partial charge in [0, 0.05) is 17.7 Å². The van der Waals surface area contributed by atoms with Gasteiger partial charge in [-0.3, -0.25) is 4.79 Å². The molecule has 0 aliphatic heterocycles. The van der Waals surface area contributed by atoms with E-state index in [-0.39, 0.29) is 12.4 Å². The van der Waals surface area contributed by atoms with E-state index in [9.17, 15) is 9.90 Å². The smallest absolute Gasteiger partial charge is 0.162 e. The Bertz CT molecular complexity index is 592. The summed E-state index contributed by atoms with van der Waals surface area (Å²) < 4.78 is 0. The maximum atomic E-state index is 11.6. The van der Waals surface area contributed by atoms with Crippen LogP contribution in [0.4, 0.5) is 5.69 Å². The molecule has 110 valence electrons. The summed E-state index contributed by atoms with van der Waals surface area (Å²) in [5.41, 5.74) is 2.05. The average molecular weight is 283 g/mol. The third kappa shape index (κ3) is 3.50. The van der Waals surface area contributed by atoms with Crippen molar-refractivity contribution in [1.82, 2.24) is 0 Å². The number of hydrogen-bond acceptors (Lipinski definition) is 3. The van der Waals surface area contributed by atoms with Gasteiger partial charge in [0.1, 0.15) is 0 Å². The molecule has 0 aromatic heterocycles. The zero-order valence-corrected chi connectivity index (χ0v) is 12.5. The van der Waals surface area contributed by atoms with Crippen molar-refractivity contribution in [3.05, 3.63) is 65.7 Å². The monoisotopic (exact) mass is 283 g/mol. The second kappa shape index (κ2) is 6.55. The molecule has 0 aliphatic carbocycles. The topological polar surface area (TPSA) is 49.3 Å². The number of aliphatic hydroxyl groups excluding tert-OH is 1. The van der Waals surface area contributed by atoms with E-state index in [0.717, 1.165) is 11.3 Å². The third-order valence-electron chi connectivity index (χ3n) is 3.68. The number of hydrogen-bond donors (Lipinski definition) is 2. The second-order valence-corrected chi connectivity index (χ2v) is 5.34. The van der Waals surface area contributed by atoms with Crippen LogP contribution >= 0.6 is 0 Å². The van der Waals surface area contributed by atoms with E-state index in [1.54, 1.807) is 0 Å². The lowest BCUT2D eigenvalue weighted by Crippen LogP contribution is -2.35. The Balaban J connectivity index is 2.21. The van der Waals surface area contributed by atoms with Crippen LogP contribution < -0.4 is 5.32 Å². The lowest BCUT2D eigenvalue weighted by molar-refractivity contribution is 0.0988. The van der Waals surface area contributed by atoms with Gasteiger partial charge < -0.3 is 10.4 Å². The highest BCUT2D eigenvalue weighted by molar-refractivity contribution is 5.96. The molecule has 0 saturated heterocycles. The second-order valence-electron chi connectivity index (χ2n) is 5.34. The van der Waals surface area contributed by atoms with Crippen molar-refractivity contribution in [2.45, 2.75) is 25.8 Å². The van der Waals surface area contributed by atoms with Gasteiger partial charge in [-0.2, -0.15) is 0 Å². The number of carbonyl (C=O) groups is 1. The van der Waals surface area contributed by atoms with Crippen LogP contribution in [0, 0.1) is 0 Å². The van der Waals surface area contributed by atoms with Gasteiger partial charge in [-0.05, 0) is 36.8 Å². The average Bonchev–Trinajstić information content (AvgIpc) is 2.55. The molecule has 1 atom stereocenters. The van der Waals surface area contributed by atoms with Gasteiger partial charge in [0.2, 0.25) is 0 Å². The van der Waals surface area contributed by atoms with Gasteiger partial charge in [0.05, 0.1) is 12.1 Å². The molecule has 0 saturated carbocycles. The summed E-state index contributed by atoms with van der Waals surface area (Å²) in [4.78, 5) is 11.6. The fourth-order valence-corrected chi connectivity index (χ4v) is 2.27. The Hall–Kier alpha value is -2.13. The summed E-state index contributed by atoms with van der Waals surface area (Å²) in [6.45, 7) is 3.78. The van der Waals surface area contributed by atoms with Crippen molar-refractivity contribution in [3.8, 4) is 0 Å². The van der Waals surface area contributed by atoms with Gasteiger partial charge in [0.15, 0.2) is 5.78 Å². The molecule has 0 aliphatic rings. The Morgan fingerprint density at radius 2 is 1.71 bits per heavy atom. The van der Waals surface area contributed by atoms with Crippen molar-refractivity contribution in [2.24, 2.45) is 0 Å². The van der Waals surface area contributed by atoms with Crippen LogP contribution in [-0.2, 0) is 5.54 Å². The third-order valence-corrected chi connectivity index (χ3v) is 3.68. The van der Waals surface area contributed by atoms with Crippen LogP contribution in [0.15, 0.2) is 54.6 Å². The number of nitrogens with one attached hydrogen (secondary N) is 1. The van der Waals surface area contributed by atoms with Crippen LogP contribution in [0.2, 0.25) is 0 Å². The highest BCUT2D eigenvalue weighted by Gasteiger charge is 2.25. The minimum Gasteiger partial charge on any atom is -0.394 e. The molecule has 3 heteroatoms. The first-order valence-electron chi connectivity index (χ1n) is 7.17. The van der Waals surface area contributed by atoms with Crippen molar-refractivity contribution in [2.75, 3.05) is 11.9 Å². The molecule has 3 nitrogen and oxygen atoms in total. The Labute approximate surface area is 125 Å². The molecule has 2 aromatic carbocycles. The number of anilines is 1. The summed E-state index contributed by atoms with van der Waals surface area (Å²) in [5, 5.41) is 13.1. The zero-order chi connectivity index (χ0) is 15.3. The van der Waals surface area contributed by atoms with Gasteiger partial charge in [-0.1, -0.05) is 37.3 Å². The zero-order valence-electron chi connectivity index (χ0n) is 12.5. The molecule has 0 bridgehead atoms. The maximum absolute atomic E-state index is 11.6. The molecule has 0 amide bonds. The largest absolute Gasteiger partial charge is 0.394 e. The van der Waals surface area contributed by atoms with E-state index < -0.39 is 5.54 Å². The molecule has 1 unspecified atom stereocenters. The van der Waals surface area contributed by atoms with Crippen molar-refractivity contribution in [1.29, 1.82) is 0 Å². The minimum atomic E-state index is -0.558. The number of benzene rings is 2. The predicted octanol–water partition coefficient (Wildman–Crippen LogP) is 3.60. The minimum absolute atomic E-state index is 0.0212. The Morgan fingerprint density at radius 1 is 1.10 bits per heavy atom. The van der Waals surface area contributed by atoms with E-state index in [1.807, 2.05) is 68.4 Å². The lowest BCUT2D eigenvalue weighted by Gasteiger charge is -2.30.